The van der Waals surface area contributed by atoms with Crippen molar-refractivity contribution in [3.8, 4) is 0 Å². The van der Waals surface area contributed by atoms with E-state index in [9.17, 15) is 34.5 Å². The van der Waals surface area contributed by atoms with Crippen LogP contribution in [0.1, 0.15) is 53.9 Å². The second-order valence-electron chi connectivity index (χ2n) is 10.5. The van der Waals surface area contributed by atoms with Crippen molar-refractivity contribution < 1.29 is 48.7 Å². The second-order valence-corrected chi connectivity index (χ2v) is 10.5. The van der Waals surface area contributed by atoms with E-state index < -0.39 is 59.8 Å². The van der Waals surface area contributed by atoms with Gasteiger partial charge in [-0.2, -0.15) is 0 Å². The molecule has 2 rings (SSSR count). The van der Waals surface area contributed by atoms with Crippen molar-refractivity contribution in [1.82, 2.24) is 0 Å². The molecule has 0 bridgehead atoms. The Bertz CT molecular complexity index is 1260. The van der Waals surface area contributed by atoms with E-state index in [1.807, 2.05) is 64.2 Å². The Hall–Kier alpha value is -4.18. The van der Waals surface area contributed by atoms with Crippen LogP contribution >= 0.6 is 0 Å². The third kappa shape index (κ3) is 9.18. The van der Waals surface area contributed by atoms with Crippen LogP contribution in [0.4, 0.5) is 0 Å². The Labute approximate surface area is 239 Å². The first-order valence-electron chi connectivity index (χ1n) is 13.1. The van der Waals surface area contributed by atoms with Gasteiger partial charge in [0.25, 0.3) is 0 Å². The zero-order chi connectivity index (χ0) is 30.9. The number of ketones is 1. The van der Waals surface area contributed by atoms with Gasteiger partial charge in [0.05, 0.1) is 12.8 Å². The van der Waals surface area contributed by atoms with E-state index in [-0.39, 0.29) is 25.0 Å². The summed E-state index contributed by atoms with van der Waals surface area (Å²) in [5.41, 5.74) is 2.92. The molecule has 41 heavy (non-hydrogen) atoms. The van der Waals surface area contributed by atoms with Crippen LogP contribution in [0.5, 0.6) is 0 Å². The van der Waals surface area contributed by atoms with Crippen LogP contribution in [-0.4, -0.2) is 63.9 Å². The molecular formula is C31H38O10. The molecule has 0 aromatic heterocycles. The van der Waals surface area contributed by atoms with E-state index in [1.165, 1.54) is 0 Å². The minimum absolute atomic E-state index is 0.267. The van der Waals surface area contributed by atoms with Gasteiger partial charge in [-0.15, -0.1) is 0 Å². The summed E-state index contributed by atoms with van der Waals surface area (Å²) >= 11 is 0. The molecule has 3 unspecified atom stereocenters. The van der Waals surface area contributed by atoms with Crippen molar-refractivity contribution in [2.24, 2.45) is 5.41 Å². The third-order valence-electron chi connectivity index (χ3n) is 6.61. The number of Topliss-reactive ketones (excluding diaryl/α,β-unsaturated/α-hetero) is 1. The first kappa shape index (κ1) is 33.0. The minimum Gasteiger partial charge on any atom is -0.505 e. The van der Waals surface area contributed by atoms with Gasteiger partial charge in [0.2, 0.25) is 5.76 Å². The van der Waals surface area contributed by atoms with Gasteiger partial charge in [-0.05, 0) is 37.3 Å². The van der Waals surface area contributed by atoms with Gasteiger partial charge in [0, 0.05) is 6.42 Å². The Balaban J connectivity index is 1.92. The summed E-state index contributed by atoms with van der Waals surface area (Å²) in [6, 6.07) is 0. The zero-order valence-corrected chi connectivity index (χ0v) is 24.0. The molecular weight excluding hydrogens is 532 g/mol. The topological polar surface area (TPSA) is 157 Å². The predicted octanol–water partition coefficient (Wildman–Crippen LogP) is 4.34. The van der Waals surface area contributed by atoms with E-state index in [0.717, 1.165) is 16.7 Å². The number of allylic oxidation sites excluding steroid dienone is 10. The highest BCUT2D eigenvalue weighted by molar-refractivity contribution is 6.01. The fourth-order valence-electron chi connectivity index (χ4n) is 4.34. The highest BCUT2D eigenvalue weighted by atomic mass is 16.6. The maximum Gasteiger partial charge on any atom is 0.377 e. The van der Waals surface area contributed by atoms with Gasteiger partial charge >= 0.3 is 17.9 Å². The van der Waals surface area contributed by atoms with Crippen molar-refractivity contribution in [3.05, 3.63) is 82.9 Å². The number of carbonyl (C=O) groups is 4. The van der Waals surface area contributed by atoms with Crippen LogP contribution in [0.15, 0.2) is 82.9 Å². The highest BCUT2D eigenvalue weighted by Gasteiger charge is 2.41. The molecule has 0 aromatic rings. The fourth-order valence-corrected chi connectivity index (χ4v) is 4.34. The summed E-state index contributed by atoms with van der Waals surface area (Å²) in [6.45, 7) is 12.6. The quantitative estimate of drug-likeness (QED) is 0.175. The summed E-state index contributed by atoms with van der Waals surface area (Å²) in [7, 11) is 0. The molecule has 1 heterocycles. The van der Waals surface area contributed by atoms with Crippen LogP contribution < -0.4 is 0 Å². The molecule has 222 valence electrons. The molecule has 0 amide bonds. The zero-order valence-electron chi connectivity index (χ0n) is 24.0. The van der Waals surface area contributed by atoms with Crippen molar-refractivity contribution >= 4 is 23.7 Å². The molecule has 10 nitrogen and oxygen atoms in total. The summed E-state index contributed by atoms with van der Waals surface area (Å²) in [4.78, 5) is 48.7. The summed E-state index contributed by atoms with van der Waals surface area (Å²) < 4.78 is 14.9. The first-order chi connectivity index (χ1) is 19.2. The molecule has 10 heteroatoms. The fraction of sp³-hybridized carbons (Fsp3) is 0.419. The van der Waals surface area contributed by atoms with Crippen LogP contribution in [-0.2, 0) is 33.4 Å². The van der Waals surface area contributed by atoms with Gasteiger partial charge in [-0.1, -0.05) is 74.1 Å². The lowest BCUT2D eigenvalue weighted by molar-refractivity contribution is -0.160. The molecule has 0 saturated heterocycles. The van der Waals surface area contributed by atoms with E-state index in [0.29, 0.717) is 5.57 Å². The molecule has 1 aliphatic heterocycles. The third-order valence-corrected chi connectivity index (χ3v) is 6.61. The number of aliphatic hydroxyl groups excluding tert-OH is 3. The van der Waals surface area contributed by atoms with Gasteiger partial charge in [-0.3, -0.25) is 14.4 Å². The monoisotopic (exact) mass is 570 g/mol. The number of cyclic esters (lactones) is 1. The molecule has 0 radical (unpaired) electrons. The number of aliphatic hydroxyl groups is 3. The lowest BCUT2D eigenvalue weighted by atomic mass is 9.71. The number of carbonyl (C=O) groups excluding carboxylic acids is 4. The Kier molecular flexibility index (Phi) is 11.6. The number of ether oxygens (including phenoxy) is 3. The van der Waals surface area contributed by atoms with Crippen LogP contribution in [0.25, 0.3) is 0 Å². The molecule has 2 aliphatic rings. The van der Waals surface area contributed by atoms with E-state index in [2.05, 4.69) is 11.3 Å². The molecule has 0 spiro atoms. The minimum atomic E-state index is -1.63. The van der Waals surface area contributed by atoms with Gasteiger partial charge < -0.3 is 29.5 Å². The Morgan fingerprint density at radius 3 is 2.34 bits per heavy atom. The maximum absolute atomic E-state index is 13.0. The van der Waals surface area contributed by atoms with E-state index in [1.54, 1.807) is 13.0 Å². The summed E-state index contributed by atoms with van der Waals surface area (Å²) in [6.07, 6.45) is 8.63. The normalized spacial score (nSPS) is 22.4. The highest BCUT2D eigenvalue weighted by Crippen LogP contribution is 2.41. The number of esters is 3. The van der Waals surface area contributed by atoms with Crippen LogP contribution in [0, 0.1) is 5.41 Å². The number of hydrogen-bond donors (Lipinski definition) is 3. The van der Waals surface area contributed by atoms with E-state index in [4.69, 9.17) is 9.47 Å². The SMILES string of the molecule is C=C/C=C(C)/C=C/C=C(C)/C=C/C1=C(C)C(=O)C(OC(=O)CCC(=O)OCC(O)C2OC(=O)C(O)=C2O)CC1(C)C. The van der Waals surface area contributed by atoms with Crippen LogP contribution in [0.3, 0.4) is 0 Å². The molecule has 3 N–H and O–H groups in total. The average Bonchev–Trinajstić information content (AvgIpc) is 3.16. The van der Waals surface area contributed by atoms with Gasteiger partial charge in [0.1, 0.15) is 12.7 Å². The maximum atomic E-state index is 13.0. The van der Waals surface area contributed by atoms with E-state index >= 15 is 0 Å². The van der Waals surface area contributed by atoms with Crippen LogP contribution in [0.2, 0.25) is 0 Å². The smallest absolute Gasteiger partial charge is 0.377 e. The molecule has 0 aromatic carbocycles. The Morgan fingerprint density at radius 1 is 1.10 bits per heavy atom. The lowest BCUT2D eigenvalue weighted by Crippen LogP contribution is -2.39. The van der Waals surface area contributed by atoms with Crippen molar-refractivity contribution in [1.29, 1.82) is 0 Å². The molecule has 0 fully saturated rings. The van der Waals surface area contributed by atoms with Gasteiger partial charge in [-0.25, -0.2) is 4.79 Å². The molecule has 0 saturated carbocycles. The van der Waals surface area contributed by atoms with Crippen molar-refractivity contribution in [2.45, 2.75) is 72.2 Å². The predicted molar refractivity (Wildman–Crippen MR) is 150 cm³/mol. The second kappa shape index (κ2) is 14.5. The number of hydrogen-bond acceptors (Lipinski definition) is 10. The molecule has 3 atom stereocenters. The van der Waals surface area contributed by atoms with Crippen molar-refractivity contribution in [2.75, 3.05) is 6.61 Å². The number of rotatable bonds is 12. The first-order valence-corrected chi connectivity index (χ1v) is 13.1. The summed E-state index contributed by atoms with van der Waals surface area (Å²) in [5.74, 6) is -5.03. The summed E-state index contributed by atoms with van der Waals surface area (Å²) in [5, 5.41) is 28.8. The lowest BCUT2D eigenvalue weighted by Gasteiger charge is -2.36. The average molecular weight is 571 g/mol. The van der Waals surface area contributed by atoms with Crippen molar-refractivity contribution in [3.63, 3.8) is 0 Å². The molecule has 1 aliphatic carbocycles. The standard InChI is InChI=1S/C31H38O10/c1-7-9-18(2)10-8-11-19(3)12-13-21-20(4)26(35)23(16-31(21,5)6)40-25(34)15-14-24(33)39-17-22(32)29-27(36)28(37)30(38)41-29/h7-13,22-23,29,32,36-37H,1,14-17H2,2-6H3/b10-8+,13-12+,18-9+,19-11+. The van der Waals surface area contributed by atoms with Gasteiger partial charge in [0.15, 0.2) is 23.8 Å². The largest absolute Gasteiger partial charge is 0.505 e. The Morgan fingerprint density at radius 2 is 1.73 bits per heavy atom.